The van der Waals surface area contributed by atoms with E-state index in [1.807, 2.05) is 33.0 Å². The van der Waals surface area contributed by atoms with Crippen molar-refractivity contribution in [3.05, 3.63) is 71.6 Å². The van der Waals surface area contributed by atoms with Crippen molar-refractivity contribution in [2.75, 3.05) is 38.2 Å². The van der Waals surface area contributed by atoms with Crippen LogP contribution in [0.15, 0.2) is 60.1 Å². The van der Waals surface area contributed by atoms with Crippen LogP contribution < -0.4 is 9.64 Å². The average Bonchev–Trinajstić information content (AvgIpc) is 3.44. The summed E-state index contributed by atoms with van der Waals surface area (Å²) in [5.41, 5.74) is 3.27. The van der Waals surface area contributed by atoms with Crippen LogP contribution >= 0.6 is 11.3 Å². The van der Waals surface area contributed by atoms with E-state index in [9.17, 15) is 9.18 Å². The molecule has 2 aromatic heterocycles. The number of halogens is 1. The number of aromatic nitrogens is 2. The van der Waals surface area contributed by atoms with Gasteiger partial charge in [-0.25, -0.2) is 9.37 Å². The van der Waals surface area contributed by atoms with Crippen molar-refractivity contribution in [2.24, 2.45) is 0 Å². The Balaban J connectivity index is 1.19. The number of carbonyl (C=O) groups excluding carboxylic acids is 1. The third-order valence-electron chi connectivity index (χ3n) is 6.10. The molecule has 8 heteroatoms. The van der Waals surface area contributed by atoms with Gasteiger partial charge in [0.2, 0.25) is 5.91 Å². The first-order chi connectivity index (χ1) is 16.1. The van der Waals surface area contributed by atoms with Crippen LogP contribution in [0.3, 0.4) is 0 Å². The first-order valence-electron chi connectivity index (χ1n) is 11.0. The van der Waals surface area contributed by atoms with E-state index in [4.69, 9.17) is 4.74 Å². The molecule has 1 amide bonds. The van der Waals surface area contributed by atoms with Crippen molar-refractivity contribution < 1.29 is 13.9 Å². The molecule has 3 heterocycles. The lowest BCUT2D eigenvalue weighted by Gasteiger charge is -2.36. The largest absolute Gasteiger partial charge is 0.497 e. The highest BCUT2D eigenvalue weighted by Crippen LogP contribution is 2.26. The van der Waals surface area contributed by atoms with Crippen molar-refractivity contribution in [3.63, 3.8) is 0 Å². The van der Waals surface area contributed by atoms with Gasteiger partial charge in [0.1, 0.15) is 11.6 Å². The van der Waals surface area contributed by atoms with Gasteiger partial charge in [-0.2, -0.15) is 0 Å². The summed E-state index contributed by atoms with van der Waals surface area (Å²) in [7, 11) is 1.66. The van der Waals surface area contributed by atoms with Crippen LogP contribution in [0.25, 0.3) is 16.2 Å². The van der Waals surface area contributed by atoms with Gasteiger partial charge in [0.05, 0.1) is 12.8 Å². The molecule has 1 aliphatic heterocycles. The maximum atomic E-state index is 14.1. The Morgan fingerprint density at radius 2 is 1.85 bits per heavy atom. The summed E-state index contributed by atoms with van der Waals surface area (Å²) in [5.74, 6) is 0.723. The highest BCUT2D eigenvalue weighted by molar-refractivity contribution is 7.15. The first kappa shape index (κ1) is 21.5. The number of anilines is 1. The van der Waals surface area contributed by atoms with Gasteiger partial charge in [0.25, 0.3) is 0 Å². The topological polar surface area (TPSA) is 50.1 Å². The van der Waals surface area contributed by atoms with Crippen LogP contribution in [-0.2, 0) is 11.2 Å². The van der Waals surface area contributed by atoms with E-state index in [-0.39, 0.29) is 11.7 Å². The summed E-state index contributed by atoms with van der Waals surface area (Å²) in [6.45, 7) is 3.06. The fourth-order valence-corrected chi connectivity index (χ4v) is 5.12. The zero-order valence-electron chi connectivity index (χ0n) is 18.4. The third-order valence-corrected chi connectivity index (χ3v) is 6.99. The minimum Gasteiger partial charge on any atom is -0.497 e. The SMILES string of the molecule is COc1ccc(N2CCN(C(=O)CCc3csc4nc(-c5ccccc5F)cn34)CC2)cc1. The van der Waals surface area contributed by atoms with Crippen LogP contribution in [-0.4, -0.2) is 53.5 Å². The van der Waals surface area contributed by atoms with Crippen molar-refractivity contribution in [1.29, 1.82) is 0 Å². The summed E-state index contributed by atoms with van der Waals surface area (Å²) >= 11 is 1.51. The number of aryl methyl sites for hydroxylation is 1. The maximum absolute atomic E-state index is 14.1. The number of amides is 1. The Labute approximate surface area is 195 Å². The number of nitrogens with zero attached hydrogens (tertiary/aromatic N) is 4. The first-order valence-corrected chi connectivity index (χ1v) is 11.9. The summed E-state index contributed by atoms with van der Waals surface area (Å²) in [5, 5.41) is 2.03. The second-order valence-electron chi connectivity index (χ2n) is 8.05. The Bertz CT molecular complexity index is 1260. The highest BCUT2D eigenvalue weighted by atomic mass is 32.1. The second-order valence-corrected chi connectivity index (χ2v) is 8.89. The number of imidazole rings is 1. The molecule has 0 N–H and O–H groups in total. The Morgan fingerprint density at radius 3 is 2.58 bits per heavy atom. The lowest BCUT2D eigenvalue weighted by atomic mass is 10.1. The molecule has 1 aliphatic rings. The molecular weight excluding hydrogens is 439 g/mol. The van der Waals surface area contributed by atoms with Gasteiger partial charge in [-0.05, 0) is 42.8 Å². The predicted molar refractivity (Wildman–Crippen MR) is 129 cm³/mol. The predicted octanol–water partition coefficient (Wildman–Crippen LogP) is 4.49. The van der Waals surface area contributed by atoms with Gasteiger partial charge < -0.3 is 14.5 Å². The molecule has 2 aromatic carbocycles. The minimum atomic E-state index is -0.284. The highest BCUT2D eigenvalue weighted by Gasteiger charge is 2.22. The summed E-state index contributed by atoms with van der Waals surface area (Å²) in [6.07, 6.45) is 2.93. The maximum Gasteiger partial charge on any atom is 0.223 e. The van der Waals surface area contributed by atoms with Crippen molar-refractivity contribution in [3.8, 4) is 17.0 Å². The van der Waals surface area contributed by atoms with Crippen LogP contribution in [0, 0.1) is 5.82 Å². The number of ether oxygens (including phenoxy) is 1. The molecule has 0 atom stereocenters. The molecule has 170 valence electrons. The molecular formula is C25H25FN4O2S. The normalized spacial score (nSPS) is 14.1. The van der Waals surface area contributed by atoms with Gasteiger partial charge in [0.15, 0.2) is 4.96 Å². The van der Waals surface area contributed by atoms with E-state index >= 15 is 0 Å². The van der Waals surface area contributed by atoms with E-state index in [1.54, 1.807) is 25.3 Å². The average molecular weight is 465 g/mol. The molecule has 0 radical (unpaired) electrons. The van der Waals surface area contributed by atoms with E-state index in [1.165, 1.54) is 17.4 Å². The van der Waals surface area contributed by atoms with Gasteiger partial charge in [-0.3, -0.25) is 9.20 Å². The standard InChI is InChI=1S/C25H25FN4O2S/c1-32-20-9-6-18(7-10-20)28-12-14-29(15-13-28)24(31)11-8-19-17-33-25-27-23(16-30(19)25)21-4-2-3-5-22(21)26/h2-7,9-10,16-17H,8,11-15H2,1H3. The smallest absolute Gasteiger partial charge is 0.223 e. The van der Waals surface area contributed by atoms with E-state index in [0.29, 0.717) is 37.2 Å². The number of piperazine rings is 1. The number of carbonyl (C=O) groups is 1. The fraction of sp³-hybridized carbons (Fsp3) is 0.280. The van der Waals surface area contributed by atoms with Crippen LogP contribution in [0.2, 0.25) is 0 Å². The molecule has 5 rings (SSSR count). The second kappa shape index (κ2) is 9.23. The van der Waals surface area contributed by atoms with Gasteiger partial charge in [0, 0.05) is 61.1 Å². The summed E-state index contributed by atoms with van der Waals surface area (Å²) in [4.78, 5) is 22.5. The van der Waals surface area contributed by atoms with Crippen molar-refractivity contribution >= 4 is 27.9 Å². The number of thiazole rings is 1. The quantitative estimate of drug-likeness (QED) is 0.422. The van der Waals surface area contributed by atoms with Gasteiger partial charge in [-0.15, -0.1) is 11.3 Å². The number of fused-ring (bicyclic) bond motifs is 1. The number of benzene rings is 2. The van der Waals surface area contributed by atoms with Gasteiger partial charge in [-0.1, -0.05) is 12.1 Å². The number of rotatable bonds is 6. The number of hydrogen-bond acceptors (Lipinski definition) is 5. The molecule has 0 bridgehead atoms. The molecule has 0 spiro atoms. The van der Waals surface area contributed by atoms with Crippen LogP contribution in [0.5, 0.6) is 5.75 Å². The zero-order valence-corrected chi connectivity index (χ0v) is 19.2. The Kier molecular flexibility index (Phi) is 6.00. The molecule has 0 saturated carbocycles. The van der Waals surface area contributed by atoms with Gasteiger partial charge >= 0.3 is 0 Å². The minimum absolute atomic E-state index is 0.165. The van der Waals surface area contributed by atoms with E-state index < -0.39 is 0 Å². The van der Waals surface area contributed by atoms with Crippen molar-refractivity contribution in [1.82, 2.24) is 14.3 Å². The summed E-state index contributed by atoms with van der Waals surface area (Å²) in [6, 6.07) is 14.7. The van der Waals surface area contributed by atoms with Crippen LogP contribution in [0.4, 0.5) is 10.1 Å². The number of hydrogen-bond donors (Lipinski definition) is 0. The molecule has 0 unspecified atom stereocenters. The Hall–Kier alpha value is -3.39. The lowest BCUT2D eigenvalue weighted by Crippen LogP contribution is -2.48. The van der Waals surface area contributed by atoms with Crippen LogP contribution in [0.1, 0.15) is 12.1 Å². The van der Waals surface area contributed by atoms with E-state index in [0.717, 1.165) is 35.2 Å². The fourth-order valence-electron chi connectivity index (χ4n) is 4.21. The molecule has 1 fully saturated rings. The molecule has 0 aliphatic carbocycles. The molecule has 6 nitrogen and oxygen atoms in total. The third kappa shape index (κ3) is 4.43. The molecule has 1 saturated heterocycles. The monoisotopic (exact) mass is 464 g/mol. The van der Waals surface area contributed by atoms with Crippen molar-refractivity contribution in [2.45, 2.75) is 12.8 Å². The zero-order chi connectivity index (χ0) is 22.8. The number of methoxy groups -OCH3 is 1. The lowest BCUT2D eigenvalue weighted by molar-refractivity contribution is -0.131. The molecule has 4 aromatic rings. The Morgan fingerprint density at radius 1 is 1.09 bits per heavy atom. The molecule has 33 heavy (non-hydrogen) atoms. The van der Waals surface area contributed by atoms with E-state index in [2.05, 4.69) is 22.0 Å². The summed E-state index contributed by atoms with van der Waals surface area (Å²) < 4.78 is 21.3.